The van der Waals surface area contributed by atoms with Crippen molar-refractivity contribution in [3.63, 3.8) is 0 Å². The Hall–Kier alpha value is -2.03. The van der Waals surface area contributed by atoms with E-state index in [-0.39, 0.29) is 11.7 Å². The van der Waals surface area contributed by atoms with E-state index < -0.39 is 5.41 Å². The lowest BCUT2D eigenvalue weighted by molar-refractivity contribution is -0.144. The lowest BCUT2D eigenvalue weighted by Gasteiger charge is -2.20. The molecular weight excluding hydrogens is 240 g/mol. The van der Waals surface area contributed by atoms with Gasteiger partial charge in [0.05, 0.1) is 5.41 Å². The number of esters is 1. The van der Waals surface area contributed by atoms with Crippen molar-refractivity contribution >= 4 is 16.7 Å². The van der Waals surface area contributed by atoms with Gasteiger partial charge in [-0.2, -0.15) is 0 Å². The van der Waals surface area contributed by atoms with Gasteiger partial charge in [-0.3, -0.25) is 4.79 Å². The van der Waals surface area contributed by atoms with E-state index >= 15 is 0 Å². The average Bonchev–Trinajstić information content (AvgIpc) is 2.38. The largest absolute Gasteiger partial charge is 0.507 e. The van der Waals surface area contributed by atoms with Crippen LogP contribution in [0, 0.1) is 5.41 Å². The van der Waals surface area contributed by atoms with Crippen molar-refractivity contribution in [2.45, 2.75) is 27.2 Å². The number of phenols is 1. The molecule has 0 heterocycles. The molecule has 0 radical (unpaired) electrons. The van der Waals surface area contributed by atoms with Crippen LogP contribution >= 0.6 is 0 Å². The van der Waals surface area contributed by atoms with Crippen LogP contribution in [-0.4, -0.2) is 11.1 Å². The van der Waals surface area contributed by atoms with Crippen molar-refractivity contribution in [2.24, 2.45) is 5.41 Å². The van der Waals surface area contributed by atoms with Crippen molar-refractivity contribution in [3.8, 4) is 11.5 Å². The summed E-state index contributed by atoms with van der Waals surface area (Å²) < 4.78 is 5.36. The van der Waals surface area contributed by atoms with E-state index in [0.29, 0.717) is 12.2 Å². The maximum atomic E-state index is 12.0. The highest BCUT2D eigenvalue weighted by Crippen LogP contribution is 2.31. The summed E-state index contributed by atoms with van der Waals surface area (Å²) in [6, 6.07) is 10.7. The molecule has 0 fully saturated rings. The topological polar surface area (TPSA) is 46.5 Å². The summed E-state index contributed by atoms with van der Waals surface area (Å²) in [6.07, 6.45) is 0.700. The summed E-state index contributed by atoms with van der Waals surface area (Å²) in [5, 5.41) is 11.5. The van der Waals surface area contributed by atoms with Gasteiger partial charge in [0, 0.05) is 11.5 Å². The van der Waals surface area contributed by atoms with Gasteiger partial charge in [0.25, 0.3) is 0 Å². The molecule has 0 aromatic heterocycles. The van der Waals surface area contributed by atoms with Crippen LogP contribution in [0.4, 0.5) is 0 Å². The highest BCUT2D eigenvalue weighted by atomic mass is 16.5. The fourth-order valence-corrected chi connectivity index (χ4v) is 1.71. The number of hydrogen-bond acceptors (Lipinski definition) is 3. The first-order valence-electron chi connectivity index (χ1n) is 6.38. The molecule has 0 spiro atoms. The Morgan fingerprint density at radius 1 is 1.26 bits per heavy atom. The van der Waals surface area contributed by atoms with E-state index in [1.807, 2.05) is 45.0 Å². The monoisotopic (exact) mass is 258 g/mol. The van der Waals surface area contributed by atoms with E-state index in [1.54, 1.807) is 6.07 Å². The number of carbonyl (C=O) groups is 1. The van der Waals surface area contributed by atoms with Crippen molar-refractivity contribution in [2.75, 3.05) is 0 Å². The van der Waals surface area contributed by atoms with Gasteiger partial charge < -0.3 is 9.84 Å². The van der Waals surface area contributed by atoms with Crippen LogP contribution in [0.15, 0.2) is 36.4 Å². The maximum Gasteiger partial charge on any atom is 0.316 e. The third-order valence-corrected chi connectivity index (χ3v) is 3.46. The number of fused-ring (bicyclic) bond motifs is 1. The second kappa shape index (κ2) is 4.92. The standard InChI is InChI=1S/C16H18O3/c1-4-16(2,3)15(18)19-12-9-11-7-5-6-8-13(11)14(17)10-12/h5-10,17H,4H2,1-3H3. The van der Waals surface area contributed by atoms with E-state index in [9.17, 15) is 9.90 Å². The van der Waals surface area contributed by atoms with Crippen molar-refractivity contribution in [1.29, 1.82) is 0 Å². The van der Waals surface area contributed by atoms with Crippen molar-refractivity contribution < 1.29 is 14.6 Å². The predicted molar refractivity (Wildman–Crippen MR) is 75.3 cm³/mol. The molecule has 19 heavy (non-hydrogen) atoms. The quantitative estimate of drug-likeness (QED) is 0.671. The summed E-state index contributed by atoms with van der Waals surface area (Å²) in [5.41, 5.74) is -0.527. The van der Waals surface area contributed by atoms with Gasteiger partial charge in [-0.25, -0.2) is 0 Å². The minimum atomic E-state index is -0.527. The first-order valence-corrected chi connectivity index (χ1v) is 6.38. The molecule has 3 heteroatoms. The minimum absolute atomic E-state index is 0.121. The third-order valence-electron chi connectivity index (χ3n) is 3.46. The van der Waals surface area contributed by atoms with E-state index in [4.69, 9.17) is 4.74 Å². The molecule has 0 atom stereocenters. The molecule has 2 aromatic rings. The van der Waals surface area contributed by atoms with Crippen LogP contribution in [0.3, 0.4) is 0 Å². The zero-order valence-electron chi connectivity index (χ0n) is 11.4. The smallest absolute Gasteiger partial charge is 0.316 e. The zero-order chi connectivity index (χ0) is 14.0. The fourth-order valence-electron chi connectivity index (χ4n) is 1.71. The van der Waals surface area contributed by atoms with Crippen LogP contribution in [0.2, 0.25) is 0 Å². The summed E-state index contributed by atoms with van der Waals surface area (Å²) in [4.78, 5) is 12.0. The van der Waals surface area contributed by atoms with Crippen molar-refractivity contribution in [3.05, 3.63) is 36.4 Å². The first kappa shape index (κ1) is 13.4. The van der Waals surface area contributed by atoms with Gasteiger partial charge in [0.15, 0.2) is 0 Å². The highest BCUT2D eigenvalue weighted by Gasteiger charge is 2.27. The van der Waals surface area contributed by atoms with Crippen LogP contribution in [0.25, 0.3) is 10.8 Å². The van der Waals surface area contributed by atoms with Gasteiger partial charge in [-0.1, -0.05) is 31.2 Å². The SMILES string of the molecule is CCC(C)(C)C(=O)Oc1cc(O)c2ccccc2c1. The lowest BCUT2D eigenvalue weighted by atomic mass is 9.91. The molecule has 3 nitrogen and oxygen atoms in total. The minimum Gasteiger partial charge on any atom is -0.507 e. The normalized spacial score (nSPS) is 11.5. The average molecular weight is 258 g/mol. The van der Waals surface area contributed by atoms with Gasteiger partial charge in [-0.15, -0.1) is 0 Å². The van der Waals surface area contributed by atoms with E-state index in [2.05, 4.69) is 0 Å². The number of aromatic hydroxyl groups is 1. The maximum absolute atomic E-state index is 12.0. The molecule has 2 aromatic carbocycles. The third kappa shape index (κ3) is 2.70. The highest BCUT2D eigenvalue weighted by molar-refractivity contribution is 5.90. The number of rotatable bonds is 3. The molecule has 2 rings (SSSR count). The van der Waals surface area contributed by atoms with E-state index in [0.717, 1.165) is 10.8 Å². The lowest BCUT2D eigenvalue weighted by Crippen LogP contribution is -2.28. The van der Waals surface area contributed by atoms with E-state index in [1.165, 1.54) is 6.07 Å². The summed E-state index contributed by atoms with van der Waals surface area (Å²) in [6.45, 7) is 5.63. The van der Waals surface area contributed by atoms with Crippen LogP contribution in [0.1, 0.15) is 27.2 Å². The molecular formula is C16H18O3. The van der Waals surface area contributed by atoms with Gasteiger partial charge in [-0.05, 0) is 31.7 Å². The summed E-state index contributed by atoms with van der Waals surface area (Å²) in [7, 11) is 0. The molecule has 0 saturated heterocycles. The Bertz CT molecular complexity index is 614. The second-order valence-electron chi connectivity index (χ2n) is 5.29. The van der Waals surface area contributed by atoms with Gasteiger partial charge in [0.1, 0.15) is 11.5 Å². The molecule has 100 valence electrons. The first-order chi connectivity index (χ1) is 8.94. The molecule has 0 aliphatic heterocycles. The summed E-state index contributed by atoms with van der Waals surface area (Å²) >= 11 is 0. The molecule has 0 saturated carbocycles. The van der Waals surface area contributed by atoms with Crippen LogP contribution in [-0.2, 0) is 4.79 Å². The number of carbonyl (C=O) groups excluding carboxylic acids is 1. The number of ether oxygens (including phenoxy) is 1. The predicted octanol–water partition coefficient (Wildman–Crippen LogP) is 3.89. The molecule has 0 unspecified atom stereocenters. The number of phenolic OH excluding ortho intramolecular Hbond substituents is 1. The Labute approximate surface area is 112 Å². The Morgan fingerprint density at radius 2 is 1.95 bits per heavy atom. The molecule has 0 amide bonds. The number of benzene rings is 2. The molecule has 0 bridgehead atoms. The van der Waals surface area contributed by atoms with Crippen LogP contribution < -0.4 is 4.74 Å². The Morgan fingerprint density at radius 3 is 2.63 bits per heavy atom. The van der Waals surface area contributed by atoms with Crippen molar-refractivity contribution in [1.82, 2.24) is 0 Å². The molecule has 0 aliphatic carbocycles. The fraction of sp³-hybridized carbons (Fsp3) is 0.312. The Balaban J connectivity index is 2.34. The Kier molecular flexibility index (Phi) is 3.47. The van der Waals surface area contributed by atoms with Gasteiger partial charge >= 0.3 is 5.97 Å². The second-order valence-corrected chi connectivity index (χ2v) is 5.29. The van der Waals surface area contributed by atoms with Crippen LogP contribution in [0.5, 0.6) is 11.5 Å². The zero-order valence-corrected chi connectivity index (χ0v) is 11.4. The molecule has 1 N–H and O–H groups in total. The summed E-state index contributed by atoms with van der Waals surface area (Å²) in [5.74, 6) is 0.211. The molecule has 0 aliphatic rings. The number of hydrogen-bond donors (Lipinski definition) is 1. The van der Waals surface area contributed by atoms with Gasteiger partial charge in [0.2, 0.25) is 0 Å².